The first-order valence-electron chi connectivity index (χ1n) is 13.9. The van der Waals surface area contributed by atoms with Gasteiger partial charge in [0.1, 0.15) is 11.2 Å². The number of fused-ring (bicyclic) bond motifs is 1. The zero-order chi connectivity index (χ0) is 28.6. The Bertz CT molecular complexity index is 1720. The Morgan fingerprint density at radius 2 is 1.88 bits per heavy atom. The highest BCUT2D eigenvalue weighted by Gasteiger charge is 2.31. The number of benzene rings is 2. The summed E-state index contributed by atoms with van der Waals surface area (Å²) in [5.41, 5.74) is 2.65. The number of anilines is 1. The molecule has 0 unspecified atom stereocenters. The molecule has 3 aromatic heterocycles. The zero-order valence-corrected chi connectivity index (χ0v) is 23.7. The summed E-state index contributed by atoms with van der Waals surface area (Å²) in [7, 11) is 0. The van der Waals surface area contributed by atoms with Gasteiger partial charge in [-0.2, -0.15) is 4.98 Å². The van der Waals surface area contributed by atoms with Crippen LogP contribution in [0, 0.1) is 11.8 Å². The second kappa shape index (κ2) is 11.1. The maximum Gasteiger partial charge on any atom is 0.439 e. The molecule has 0 radical (unpaired) electrons. The molecule has 1 saturated carbocycles. The van der Waals surface area contributed by atoms with Crippen LogP contribution in [0.15, 0.2) is 63.9 Å². The molecule has 1 aliphatic rings. The molecule has 1 aliphatic carbocycles. The number of aliphatic hydroxyl groups excluding tert-OH is 1. The summed E-state index contributed by atoms with van der Waals surface area (Å²) < 4.78 is 6.87. The number of aromatic amines is 1. The number of halogens is 1. The molecular formula is C30H32ClN7O3. The first kappa shape index (κ1) is 27.2. The van der Waals surface area contributed by atoms with Crippen LogP contribution in [-0.4, -0.2) is 41.4 Å². The molecule has 0 spiro atoms. The van der Waals surface area contributed by atoms with Gasteiger partial charge in [0.25, 0.3) is 0 Å². The molecule has 3 heterocycles. The van der Waals surface area contributed by atoms with Gasteiger partial charge in [0.15, 0.2) is 5.65 Å². The van der Waals surface area contributed by atoms with Crippen molar-refractivity contribution >= 4 is 28.7 Å². The molecule has 1 fully saturated rings. The Labute approximate surface area is 241 Å². The number of imidazole rings is 1. The number of nitrogens with one attached hydrogen (secondary N) is 2. The summed E-state index contributed by atoms with van der Waals surface area (Å²) in [5, 5.41) is 18.5. The zero-order valence-electron chi connectivity index (χ0n) is 23.0. The van der Waals surface area contributed by atoms with E-state index in [1.165, 1.54) is 12.8 Å². The maximum absolute atomic E-state index is 11.7. The predicted molar refractivity (Wildman–Crippen MR) is 158 cm³/mol. The fraction of sp³-hybridized carbons (Fsp3) is 0.367. The molecule has 2 aromatic carbocycles. The minimum Gasteiger partial charge on any atom is -0.394 e. The SMILES string of the molecule is C[C@](CO)(Nc1nc2nc(-c3noc(=O)[nH]3)nc(-c3cccc(Cl)c3)c2n1C[C@H]1CC[C@H](C)CC1)c1ccccc1. The van der Waals surface area contributed by atoms with Crippen LogP contribution >= 0.6 is 11.6 Å². The second-order valence-electron chi connectivity index (χ2n) is 11.2. The minimum atomic E-state index is -0.814. The van der Waals surface area contributed by atoms with E-state index in [0.717, 1.165) is 35.4 Å². The fourth-order valence-electron chi connectivity index (χ4n) is 5.60. The lowest BCUT2D eigenvalue weighted by Gasteiger charge is -2.31. The Kier molecular flexibility index (Phi) is 7.35. The van der Waals surface area contributed by atoms with Gasteiger partial charge >= 0.3 is 5.76 Å². The van der Waals surface area contributed by atoms with E-state index < -0.39 is 11.3 Å². The lowest BCUT2D eigenvalue weighted by Crippen LogP contribution is -2.37. The van der Waals surface area contributed by atoms with Crippen molar-refractivity contribution in [3.8, 4) is 22.9 Å². The Hall–Kier alpha value is -4.02. The van der Waals surface area contributed by atoms with Crippen molar-refractivity contribution in [1.82, 2.24) is 29.7 Å². The van der Waals surface area contributed by atoms with Gasteiger partial charge in [0.05, 0.1) is 12.1 Å². The van der Waals surface area contributed by atoms with Crippen molar-refractivity contribution in [3.63, 3.8) is 0 Å². The number of hydrogen-bond acceptors (Lipinski definition) is 8. The Balaban J connectivity index is 1.57. The number of hydrogen-bond donors (Lipinski definition) is 3. The Morgan fingerprint density at radius 3 is 2.56 bits per heavy atom. The molecule has 41 heavy (non-hydrogen) atoms. The smallest absolute Gasteiger partial charge is 0.394 e. The third kappa shape index (κ3) is 5.49. The molecule has 212 valence electrons. The molecule has 6 rings (SSSR count). The third-order valence-electron chi connectivity index (χ3n) is 8.04. The first-order chi connectivity index (χ1) is 19.8. The Morgan fingerprint density at radius 1 is 1.10 bits per heavy atom. The maximum atomic E-state index is 11.7. The highest BCUT2D eigenvalue weighted by molar-refractivity contribution is 6.30. The number of H-pyrrole nitrogens is 1. The second-order valence-corrected chi connectivity index (χ2v) is 11.6. The van der Waals surface area contributed by atoms with Crippen molar-refractivity contribution < 1.29 is 9.63 Å². The van der Waals surface area contributed by atoms with E-state index in [9.17, 15) is 9.90 Å². The van der Waals surface area contributed by atoms with E-state index in [2.05, 4.69) is 26.9 Å². The molecular weight excluding hydrogens is 542 g/mol. The molecule has 5 aromatic rings. The topological polar surface area (TPSA) is 135 Å². The summed E-state index contributed by atoms with van der Waals surface area (Å²) in [6, 6.07) is 17.2. The average Bonchev–Trinajstić information content (AvgIpc) is 3.57. The summed E-state index contributed by atoms with van der Waals surface area (Å²) in [6.45, 7) is 4.81. The van der Waals surface area contributed by atoms with Crippen molar-refractivity contribution in [2.45, 2.75) is 51.6 Å². The monoisotopic (exact) mass is 573 g/mol. The van der Waals surface area contributed by atoms with E-state index >= 15 is 0 Å². The van der Waals surface area contributed by atoms with E-state index in [4.69, 9.17) is 31.1 Å². The molecule has 10 nitrogen and oxygen atoms in total. The molecule has 0 saturated heterocycles. The average molecular weight is 574 g/mol. The quantitative estimate of drug-likeness (QED) is 0.217. The number of rotatable bonds is 8. The summed E-state index contributed by atoms with van der Waals surface area (Å²) in [4.78, 5) is 28.8. The van der Waals surface area contributed by atoms with E-state index in [1.54, 1.807) is 6.07 Å². The molecule has 0 amide bonds. The largest absolute Gasteiger partial charge is 0.439 e. The van der Waals surface area contributed by atoms with Gasteiger partial charge in [-0.05, 0) is 49.3 Å². The third-order valence-corrected chi connectivity index (χ3v) is 8.28. The summed E-state index contributed by atoms with van der Waals surface area (Å²) in [5.74, 6) is 1.32. The van der Waals surface area contributed by atoms with Crippen LogP contribution in [0.2, 0.25) is 5.02 Å². The standard InChI is InChI=1S/C30H32ClN7O3/c1-18-11-13-19(14-12-18)16-38-24-23(20-7-6-10-22(31)15-20)32-26(27-35-29(40)41-37-27)33-25(24)34-28(38)36-30(2,17-39)21-8-4-3-5-9-21/h3-10,15,18-19,39H,11-14,16-17H2,1-2H3,(H,35,37,40)(H,32,33,34,36)/t18-,19-,30-/m1/s1. The van der Waals surface area contributed by atoms with Crippen LogP contribution in [-0.2, 0) is 12.1 Å². The fourth-order valence-corrected chi connectivity index (χ4v) is 5.79. The highest BCUT2D eigenvalue weighted by atomic mass is 35.5. The highest BCUT2D eigenvalue weighted by Crippen LogP contribution is 2.37. The van der Waals surface area contributed by atoms with Crippen LogP contribution in [0.1, 0.15) is 45.1 Å². The van der Waals surface area contributed by atoms with Gasteiger partial charge in [0.2, 0.25) is 17.6 Å². The minimum absolute atomic E-state index is 0.106. The van der Waals surface area contributed by atoms with E-state index in [-0.39, 0.29) is 18.3 Å². The van der Waals surface area contributed by atoms with Gasteiger partial charge < -0.3 is 15.0 Å². The predicted octanol–water partition coefficient (Wildman–Crippen LogP) is 5.64. The van der Waals surface area contributed by atoms with Gasteiger partial charge in [0, 0.05) is 17.1 Å². The molecule has 0 bridgehead atoms. The lowest BCUT2D eigenvalue weighted by molar-refractivity contribution is 0.222. The summed E-state index contributed by atoms with van der Waals surface area (Å²) in [6.07, 6.45) is 4.59. The van der Waals surface area contributed by atoms with E-state index in [0.29, 0.717) is 34.8 Å². The van der Waals surface area contributed by atoms with Crippen LogP contribution in [0.5, 0.6) is 0 Å². The summed E-state index contributed by atoms with van der Waals surface area (Å²) >= 11 is 6.41. The van der Waals surface area contributed by atoms with Crippen LogP contribution in [0.3, 0.4) is 0 Å². The normalized spacial score (nSPS) is 18.8. The molecule has 0 aliphatic heterocycles. The molecule has 11 heteroatoms. The van der Waals surface area contributed by atoms with E-state index in [1.807, 2.05) is 55.5 Å². The number of aromatic nitrogens is 6. The first-order valence-corrected chi connectivity index (χ1v) is 14.3. The van der Waals surface area contributed by atoms with Crippen LogP contribution < -0.4 is 11.1 Å². The van der Waals surface area contributed by atoms with Crippen molar-refractivity contribution in [2.24, 2.45) is 11.8 Å². The van der Waals surface area contributed by atoms with Crippen molar-refractivity contribution in [2.75, 3.05) is 11.9 Å². The van der Waals surface area contributed by atoms with Crippen LogP contribution in [0.4, 0.5) is 5.95 Å². The van der Waals surface area contributed by atoms with Crippen molar-refractivity contribution in [1.29, 1.82) is 0 Å². The van der Waals surface area contributed by atoms with Gasteiger partial charge in [-0.25, -0.2) is 14.8 Å². The van der Waals surface area contributed by atoms with Gasteiger partial charge in [-0.3, -0.25) is 9.51 Å². The molecule has 1 atom stereocenters. The van der Waals surface area contributed by atoms with Crippen LogP contribution in [0.25, 0.3) is 34.1 Å². The van der Waals surface area contributed by atoms with Gasteiger partial charge in [-0.15, -0.1) is 0 Å². The van der Waals surface area contributed by atoms with Crippen molar-refractivity contribution in [3.05, 3.63) is 75.7 Å². The number of aliphatic hydroxyl groups is 1. The lowest BCUT2D eigenvalue weighted by atomic mass is 9.83. The molecule has 3 N–H and O–H groups in total. The van der Waals surface area contributed by atoms with Gasteiger partial charge in [-0.1, -0.05) is 79.0 Å². The number of nitrogens with zero attached hydrogens (tertiary/aromatic N) is 5.